The van der Waals surface area contributed by atoms with Crippen LogP contribution in [0.4, 0.5) is 5.69 Å². The molecular formula is C23H25Cl2N5O3S. The molecule has 3 aromatic rings. The number of hydrogen-bond acceptors (Lipinski definition) is 6. The number of aromatic nitrogens is 3. The summed E-state index contributed by atoms with van der Waals surface area (Å²) in [6, 6.07) is 9.80. The summed E-state index contributed by atoms with van der Waals surface area (Å²) in [5, 5.41) is 13.9. The first kappa shape index (κ1) is 25.9. The summed E-state index contributed by atoms with van der Waals surface area (Å²) < 4.78 is 5.29. The van der Waals surface area contributed by atoms with Gasteiger partial charge in [0.05, 0.1) is 35.2 Å². The molecule has 11 heteroatoms. The van der Waals surface area contributed by atoms with Crippen molar-refractivity contribution in [3.8, 4) is 5.75 Å². The topological polar surface area (TPSA) is 109 Å². The molecule has 3 rings (SSSR count). The predicted octanol–water partition coefficient (Wildman–Crippen LogP) is 5.29. The summed E-state index contributed by atoms with van der Waals surface area (Å²) in [7, 11) is 1.55. The van der Waals surface area contributed by atoms with Crippen molar-refractivity contribution in [3.63, 3.8) is 0 Å². The molecule has 0 bridgehead atoms. The lowest BCUT2D eigenvalue weighted by Gasteiger charge is -2.20. The van der Waals surface area contributed by atoms with Gasteiger partial charge in [0.1, 0.15) is 11.6 Å². The molecule has 0 saturated carbocycles. The summed E-state index contributed by atoms with van der Waals surface area (Å²) in [5.74, 6) is 0.617. The quantitative estimate of drug-likeness (QED) is 0.330. The number of carbonyl (C=O) groups is 2. The van der Waals surface area contributed by atoms with Crippen LogP contribution in [-0.2, 0) is 4.79 Å². The van der Waals surface area contributed by atoms with Gasteiger partial charge in [-0.25, -0.2) is 4.98 Å². The number of amides is 2. The number of nitrogens with one attached hydrogen (secondary N) is 3. The maximum absolute atomic E-state index is 12.8. The van der Waals surface area contributed by atoms with E-state index in [1.165, 1.54) is 17.8 Å². The fourth-order valence-corrected chi connectivity index (χ4v) is 4.24. The minimum Gasteiger partial charge on any atom is -0.495 e. The highest BCUT2D eigenvalue weighted by Crippen LogP contribution is 2.27. The van der Waals surface area contributed by atoms with Crippen LogP contribution < -0.4 is 15.4 Å². The van der Waals surface area contributed by atoms with Crippen LogP contribution in [0.1, 0.15) is 41.6 Å². The maximum atomic E-state index is 12.8. The number of aromatic amines is 1. The Bertz CT molecular complexity index is 1190. The van der Waals surface area contributed by atoms with E-state index in [4.69, 9.17) is 27.9 Å². The van der Waals surface area contributed by atoms with Crippen molar-refractivity contribution >= 4 is 52.5 Å². The van der Waals surface area contributed by atoms with Gasteiger partial charge >= 0.3 is 0 Å². The van der Waals surface area contributed by atoms with Crippen LogP contribution in [-0.4, -0.2) is 39.9 Å². The van der Waals surface area contributed by atoms with Gasteiger partial charge < -0.3 is 15.4 Å². The van der Waals surface area contributed by atoms with Gasteiger partial charge in [-0.1, -0.05) is 54.9 Å². The molecular weight excluding hydrogens is 497 g/mol. The van der Waals surface area contributed by atoms with E-state index < -0.39 is 6.04 Å². The second kappa shape index (κ2) is 11.6. The van der Waals surface area contributed by atoms with Gasteiger partial charge in [0.15, 0.2) is 0 Å². The highest BCUT2D eigenvalue weighted by atomic mass is 35.5. The molecule has 0 radical (unpaired) electrons. The largest absolute Gasteiger partial charge is 0.495 e. The summed E-state index contributed by atoms with van der Waals surface area (Å²) in [4.78, 5) is 29.7. The fraction of sp³-hybridized carbons (Fsp3) is 0.304. The average molecular weight is 522 g/mol. The summed E-state index contributed by atoms with van der Waals surface area (Å²) >= 11 is 13.3. The molecule has 0 spiro atoms. The number of nitrogens with zero attached hydrogens (tertiary/aromatic N) is 2. The Labute approximate surface area is 212 Å². The van der Waals surface area contributed by atoms with E-state index in [1.54, 1.807) is 25.3 Å². The van der Waals surface area contributed by atoms with Crippen molar-refractivity contribution in [1.29, 1.82) is 0 Å². The van der Waals surface area contributed by atoms with Gasteiger partial charge in [0, 0.05) is 5.02 Å². The summed E-state index contributed by atoms with van der Waals surface area (Å²) in [5.41, 5.74) is 1.92. The highest BCUT2D eigenvalue weighted by Gasteiger charge is 2.24. The molecule has 1 heterocycles. The molecule has 0 unspecified atom stereocenters. The third kappa shape index (κ3) is 6.65. The molecule has 0 aliphatic rings. The fourth-order valence-electron chi connectivity index (χ4n) is 3.14. The number of hydrogen-bond donors (Lipinski definition) is 3. The first-order valence-corrected chi connectivity index (χ1v) is 12.2. The zero-order valence-electron chi connectivity index (χ0n) is 19.1. The Morgan fingerprint density at radius 1 is 1.18 bits per heavy atom. The third-order valence-electron chi connectivity index (χ3n) is 4.87. The second-order valence-corrected chi connectivity index (χ2v) is 9.65. The Kier molecular flexibility index (Phi) is 8.82. The summed E-state index contributed by atoms with van der Waals surface area (Å²) in [6.45, 7) is 5.84. The average Bonchev–Trinajstić information content (AvgIpc) is 3.24. The number of anilines is 1. The van der Waals surface area contributed by atoms with Crippen LogP contribution in [0.2, 0.25) is 10.0 Å². The van der Waals surface area contributed by atoms with E-state index >= 15 is 0 Å². The lowest BCUT2D eigenvalue weighted by Crippen LogP contribution is -2.32. The number of aryl methyl sites for hydroxylation is 1. The lowest BCUT2D eigenvalue weighted by atomic mass is 10.0. The van der Waals surface area contributed by atoms with E-state index in [0.717, 1.165) is 5.56 Å². The first-order valence-electron chi connectivity index (χ1n) is 10.4. The molecule has 34 heavy (non-hydrogen) atoms. The molecule has 1 atom stereocenters. The zero-order chi connectivity index (χ0) is 24.8. The molecule has 3 N–H and O–H groups in total. The highest BCUT2D eigenvalue weighted by molar-refractivity contribution is 7.99. The molecule has 8 nitrogen and oxygen atoms in total. The minimum atomic E-state index is -0.438. The number of methoxy groups -OCH3 is 1. The van der Waals surface area contributed by atoms with Crippen molar-refractivity contribution in [2.45, 2.75) is 32.0 Å². The van der Waals surface area contributed by atoms with Crippen molar-refractivity contribution < 1.29 is 14.3 Å². The van der Waals surface area contributed by atoms with Crippen molar-refractivity contribution in [2.24, 2.45) is 5.92 Å². The molecule has 0 aliphatic heterocycles. The molecule has 0 fully saturated rings. The van der Waals surface area contributed by atoms with E-state index in [0.29, 0.717) is 33.0 Å². The Balaban J connectivity index is 1.63. The number of benzene rings is 2. The number of ether oxygens (including phenoxy) is 1. The van der Waals surface area contributed by atoms with E-state index in [1.807, 2.05) is 32.9 Å². The van der Waals surface area contributed by atoms with Crippen LogP contribution in [0.25, 0.3) is 0 Å². The van der Waals surface area contributed by atoms with E-state index in [9.17, 15) is 9.59 Å². The van der Waals surface area contributed by atoms with Crippen LogP contribution >= 0.6 is 35.0 Å². The van der Waals surface area contributed by atoms with Gasteiger partial charge in [-0.3, -0.25) is 14.7 Å². The van der Waals surface area contributed by atoms with Gasteiger partial charge in [-0.15, -0.1) is 5.10 Å². The van der Waals surface area contributed by atoms with Crippen molar-refractivity contribution in [1.82, 2.24) is 20.5 Å². The SMILES string of the molecule is COc1ccc(C)cc1NC(=O)CSc1n[nH]c([C@H](NC(=O)c2ccc(Cl)cc2Cl)C(C)C)n1. The maximum Gasteiger partial charge on any atom is 0.253 e. The number of H-pyrrole nitrogens is 1. The Morgan fingerprint density at radius 3 is 2.62 bits per heavy atom. The van der Waals surface area contributed by atoms with E-state index in [2.05, 4.69) is 25.8 Å². The number of thioether (sulfide) groups is 1. The number of carbonyl (C=O) groups excluding carboxylic acids is 2. The van der Waals surface area contributed by atoms with Gasteiger partial charge in [-0.05, 0) is 48.7 Å². The van der Waals surface area contributed by atoms with Crippen molar-refractivity contribution in [2.75, 3.05) is 18.2 Å². The molecule has 2 amide bonds. The molecule has 1 aromatic heterocycles. The lowest BCUT2D eigenvalue weighted by molar-refractivity contribution is -0.113. The predicted molar refractivity (Wildman–Crippen MR) is 135 cm³/mol. The number of halogens is 2. The zero-order valence-corrected chi connectivity index (χ0v) is 21.4. The van der Waals surface area contributed by atoms with Gasteiger partial charge in [0.2, 0.25) is 11.1 Å². The standard InChI is InChI=1S/C23H25Cl2N5O3S/c1-12(2)20(27-22(32)15-7-6-14(24)10-16(15)25)21-28-23(30-29-21)34-11-19(31)26-17-9-13(3)5-8-18(17)33-4/h5-10,12,20H,11H2,1-4H3,(H,26,31)(H,27,32)(H,28,29,30)/t20-/m1/s1. The Hall–Kier alpha value is -2.75. The van der Waals surface area contributed by atoms with Crippen molar-refractivity contribution in [3.05, 3.63) is 63.4 Å². The molecule has 0 saturated heterocycles. The number of rotatable bonds is 9. The minimum absolute atomic E-state index is 0.0120. The Morgan fingerprint density at radius 2 is 1.94 bits per heavy atom. The van der Waals surface area contributed by atoms with Gasteiger partial charge in [0.25, 0.3) is 5.91 Å². The van der Waals surface area contributed by atoms with Crippen LogP contribution in [0, 0.1) is 12.8 Å². The summed E-state index contributed by atoms with van der Waals surface area (Å²) in [6.07, 6.45) is 0. The normalized spacial score (nSPS) is 11.9. The van der Waals surface area contributed by atoms with Crippen LogP contribution in [0.15, 0.2) is 41.6 Å². The van der Waals surface area contributed by atoms with Crippen LogP contribution in [0.3, 0.4) is 0 Å². The monoisotopic (exact) mass is 521 g/mol. The smallest absolute Gasteiger partial charge is 0.253 e. The molecule has 180 valence electrons. The van der Waals surface area contributed by atoms with E-state index in [-0.39, 0.29) is 28.5 Å². The van der Waals surface area contributed by atoms with Crippen LogP contribution in [0.5, 0.6) is 5.75 Å². The first-order chi connectivity index (χ1) is 16.2. The third-order valence-corrected chi connectivity index (χ3v) is 6.26. The second-order valence-electron chi connectivity index (χ2n) is 7.86. The van der Waals surface area contributed by atoms with Gasteiger partial charge in [-0.2, -0.15) is 0 Å². The molecule has 0 aliphatic carbocycles. The molecule has 2 aromatic carbocycles.